The third-order valence-electron chi connectivity index (χ3n) is 2.70. The van der Waals surface area contributed by atoms with Crippen LogP contribution in [0.15, 0.2) is 23.2 Å². The van der Waals surface area contributed by atoms with Crippen molar-refractivity contribution in [2.45, 2.75) is 11.1 Å². The zero-order valence-corrected chi connectivity index (χ0v) is 13.2. The summed E-state index contributed by atoms with van der Waals surface area (Å²) in [5.41, 5.74) is -1.19. The number of rotatable bonds is 2. The normalized spacial score (nSPS) is 12.5. The molecule has 0 aliphatic heterocycles. The number of aromatic nitrogens is 2. The Balaban J connectivity index is 2.63. The fourth-order valence-electron chi connectivity index (χ4n) is 1.71. The SMILES string of the molecule is N#Cc1nn(-c2c(Cl)cc(C(F)(F)F)cc2Cl)cc1[S+](N)C#N. The Bertz CT molecular complexity index is 827. The van der Waals surface area contributed by atoms with E-state index in [1.54, 1.807) is 11.5 Å². The summed E-state index contributed by atoms with van der Waals surface area (Å²) in [6.45, 7) is 0. The van der Waals surface area contributed by atoms with E-state index in [2.05, 4.69) is 5.10 Å². The van der Waals surface area contributed by atoms with E-state index in [-0.39, 0.29) is 26.3 Å². The van der Waals surface area contributed by atoms with Gasteiger partial charge in [0.25, 0.3) is 0 Å². The van der Waals surface area contributed by atoms with E-state index in [4.69, 9.17) is 38.9 Å². The number of hydrogen-bond donors (Lipinski definition) is 1. The first kappa shape index (κ1) is 17.4. The molecule has 0 saturated heterocycles. The van der Waals surface area contributed by atoms with Gasteiger partial charge in [-0.15, -0.1) is 10.4 Å². The standard InChI is InChI=1S/C12H5Cl2F3N5S/c13-7-1-6(12(15,16)17)2-8(14)11(7)22-4-10(23(20)5-19)9(3-18)21-22/h1-2,4H,20H2/q+1. The summed E-state index contributed by atoms with van der Waals surface area (Å²) in [5, 5.41) is 28.4. The highest BCUT2D eigenvalue weighted by Gasteiger charge is 2.33. The molecule has 0 spiro atoms. The van der Waals surface area contributed by atoms with Crippen molar-refractivity contribution in [3.8, 4) is 17.2 Å². The summed E-state index contributed by atoms with van der Waals surface area (Å²) >= 11 is 10.3. The Hall–Kier alpha value is -1.91. The van der Waals surface area contributed by atoms with Crippen LogP contribution in [0.4, 0.5) is 13.2 Å². The fraction of sp³-hybridized carbons (Fsp3) is 0.0833. The van der Waals surface area contributed by atoms with E-state index >= 15 is 0 Å². The van der Waals surface area contributed by atoms with E-state index in [9.17, 15) is 13.2 Å². The van der Waals surface area contributed by atoms with E-state index in [0.717, 1.165) is 4.68 Å². The minimum absolute atomic E-state index is 0.0426. The molecule has 11 heteroatoms. The van der Waals surface area contributed by atoms with Crippen molar-refractivity contribution >= 4 is 34.3 Å². The summed E-state index contributed by atoms with van der Waals surface area (Å²) in [6, 6.07) is 3.15. The third-order valence-corrected chi connectivity index (χ3v) is 4.24. The lowest BCUT2D eigenvalue weighted by Gasteiger charge is -2.11. The molecule has 1 unspecified atom stereocenters. The van der Waals surface area contributed by atoms with Gasteiger partial charge in [0.2, 0.25) is 21.7 Å². The van der Waals surface area contributed by atoms with Crippen LogP contribution in [-0.4, -0.2) is 9.78 Å². The number of nitriles is 2. The molecule has 1 aromatic carbocycles. The Morgan fingerprint density at radius 1 is 1.22 bits per heavy atom. The molecule has 118 valence electrons. The highest BCUT2D eigenvalue weighted by Crippen LogP contribution is 2.37. The zero-order valence-electron chi connectivity index (χ0n) is 10.9. The van der Waals surface area contributed by atoms with E-state index in [0.29, 0.717) is 12.1 Å². The van der Waals surface area contributed by atoms with Gasteiger partial charge in [-0.1, -0.05) is 23.2 Å². The lowest BCUT2D eigenvalue weighted by molar-refractivity contribution is -0.137. The van der Waals surface area contributed by atoms with Crippen LogP contribution >= 0.6 is 23.2 Å². The summed E-state index contributed by atoms with van der Waals surface area (Å²) in [6.07, 6.45) is -3.37. The smallest absolute Gasteiger partial charge is 0.231 e. The van der Waals surface area contributed by atoms with Gasteiger partial charge in [-0.25, -0.2) is 4.68 Å². The Labute approximate surface area is 141 Å². The van der Waals surface area contributed by atoms with Crippen molar-refractivity contribution in [1.29, 1.82) is 10.5 Å². The highest BCUT2D eigenvalue weighted by atomic mass is 35.5. The molecular formula is C12H5Cl2F3N5S+. The molecule has 2 aromatic rings. The summed E-state index contributed by atoms with van der Waals surface area (Å²) in [5.74, 6) is 0. The molecular weight excluding hydrogens is 374 g/mol. The molecule has 0 amide bonds. The first-order valence-electron chi connectivity index (χ1n) is 5.63. The molecule has 1 aromatic heterocycles. The Kier molecular flexibility index (Phi) is 4.78. The van der Waals surface area contributed by atoms with Crippen molar-refractivity contribution < 1.29 is 13.2 Å². The molecule has 2 rings (SSSR count). The Morgan fingerprint density at radius 3 is 2.22 bits per heavy atom. The topological polar surface area (TPSA) is 91.4 Å². The monoisotopic (exact) mass is 378 g/mol. The average molecular weight is 379 g/mol. The molecule has 0 aliphatic carbocycles. The van der Waals surface area contributed by atoms with Crippen LogP contribution in [0.25, 0.3) is 5.69 Å². The second kappa shape index (κ2) is 6.30. The van der Waals surface area contributed by atoms with Gasteiger partial charge >= 0.3 is 11.6 Å². The van der Waals surface area contributed by atoms with Gasteiger partial charge in [0.15, 0.2) is 0 Å². The fourth-order valence-corrected chi connectivity index (χ4v) is 2.98. The van der Waals surface area contributed by atoms with Crippen molar-refractivity contribution in [2.24, 2.45) is 5.14 Å². The molecule has 0 fully saturated rings. The minimum Gasteiger partial charge on any atom is -0.231 e. The van der Waals surface area contributed by atoms with Gasteiger partial charge in [0.05, 0.1) is 21.8 Å². The lowest BCUT2D eigenvalue weighted by Crippen LogP contribution is -2.10. The van der Waals surface area contributed by atoms with Crippen LogP contribution in [0.5, 0.6) is 0 Å². The summed E-state index contributed by atoms with van der Waals surface area (Å²) in [7, 11) is 0. The largest absolute Gasteiger partial charge is 0.416 e. The van der Waals surface area contributed by atoms with Gasteiger partial charge in [0.1, 0.15) is 11.8 Å². The van der Waals surface area contributed by atoms with Gasteiger partial charge in [0, 0.05) is 0 Å². The zero-order chi connectivity index (χ0) is 17.4. The third kappa shape index (κ3) is 3.38. The van der Waals surface area contributed by atoms with E-state index in [1.807, 2.05) is 0 Å². The number of nitrogens with zero attached hydrogens (tertiary/aromatic N) is 4. The first-order chi connectivity index (χ1) is 10.7. The van der Waals surface area contributed by atoms with Crippen molar-refractivity contribution in [1.82, 2.24) is 9.78 Å². The molecule has 1 heterocycles. The maximum atomic E-state index is 12.7. The highest BCUT2D eigenvalue weighted by molar-refractivity contribution is 7.99. The van der Waals surface area contributed by atoms with Crippen molar-refractivity contribution in [3.63, 3.8) is 0 Å². The molecule has 23 heavy (non-hydrogen) atoms. The van der Waals surface area contributed by atoms with Gasteiger partial charge in [-0.2, -0.15) is 23.5 Å². The van der Waals surface area contributed by atoms with Crippen LogP contribution in [0, 0.1) is 22.0 Å². The lowest BCUT2D eigenvalue weighted by atomic mass is 10.2. The quantitative estimate of drug-likeness (QED) is 0.640. The van der Waals surface area contributed by atoms with Gasteiger partial charge in [-0.05, 0) is 12.1 Å². The van der Waals surface area contributed by atoms with Crippen LogP contribution in [0.3, 0.4) is 0 Å². The molecule has 0 bridgehead atoms. The van der Waals surface area contributed by atoms with Gasteiger partial charge < -0.3 is 0 Å². The van der Waals surface area contributed by atoms with Crippen LogP contribution < -0.4 is 5.14 Å². The minimum atomic E-state index is -4.61. The number of alkyl halides is 3. The van der Waals surface area contributed by atoms with E-state index in [1.165, 1.54) is 6.20 Å². The average Bonchev–Trinajstić information content (AvgIpc) is 2.88. The van der Waals surface area contributed by atoms with Crippen molar-refractivity contribution in [3.05, 3.63) is 39.6 Å². The van der Waals surface area contributed by atoms with Crippen LogP contribution in [0.2, 0.25) is 10.0 Å². The number of nitrogens with two attached hydrogens (primary N) is 1. The summed E-state index contributed by atoms with van der Waals surface area (Å²) in [4.78, 5) is 0.141. The van der Waals surface area contributed by atoms with E-state index < -0.39 is 22.8 Å². The molecule has 2 N–H and O–H groups in total. The molecule has 1 atom stereocenters. The maximum Gasteiger partial charge on any atom is 0.416 e. The number of thiocyanates is 1. The summed E-state index contributed by atoms with van der Waals surface area (Å²) < 4.78 is 39.2. The molecule has 0 saturated carbocycles. The van der Waals surface area contributed by atoms with Gasteiger partial charge in [-0.3, -0.25) is 0 Å². The molecule has 0 radical (unpaired) electrons. The molecule has 5 nitrogen and oxygen atoms in total. The van der Waals surface area contributed by atoms with Crippen LogP contribution in [0.1, 0.15) is 11.3 Å². The number of hydrogen-bond acceptors (Lipinski definition) is 4. The van der Waals surface area contributed by atoms with Crippen molar-refractivity contribution in [2.75, 3.05) is 0 Å². The maximum absolute atomic E-state index is 12.7. The predicted octanol–water partition coefficient (Wildman–Crippen LogP) is 3.40. The second-order valence-corrected chi connectivity index (χ2v) is 6.23. The van der Waals surface area contributed by atoms with Crippen LogP contribution in [-0.2, 0) is 17.3 Å². The first-order valence-corrected chi connectivity index (χ1v) is 7.68. The predicted molar refractivity (Wildman–Crippen MR) is 78.7 cm³/mol. The number of halogens is 5. The number of benzene rings is 1. The second-order valence-electron chi connectivity index (χ2n) is 4.11. The Morgan fingerprint density at radius 2 is 1.78 bits per heavy atom. The molecule has 0 aliphatic rings.